The van der Waals surface area contributed by atoms with Crippen LogP contribution in [0.5, 0.6) is 17.2 Å². The van der Waals surface area contributed by atoms with Crippen LogP contribution in [-0.2, 0) is 16.0 Å². The summed E-state index contributed by atoms with van der Waals surface area (Å²) in [5, 5.41) is 21.1. The van der Waals surface area contributed by atoms with Crippen LogP contribution in [0.25, 0.3) is 0 Å². The predicted octanol–water partition coefficient (Wildman–Crippen LogP) is 6.89. The molecule has 0 aliphatic heterocycles. The summed E-state index contributed by atoms with van der Waals surface area (Å²) < 4.78 is 9.88. The number of thioether (sulfide) groups is 1. The first-order valence-corrected chi connectivity index (χ1v) is 14.2. The zero-order chi connectivity index (χ0) is 25.9. The smallest absolute Gasteiger partial charge is 0.323 e. The Morgan fingerprint density at radius 2 is 1.54 bits per heavy atom. The number of rotatable bonds is 20. The maximum atomic E-state index is 11.6. The normalized spacial score (nSPS) is 12.2. The summed E-state index contributed by atoms with van der Waals surface area (Å²) in [7, 11) is 2.75. The van der Waals surface area contributed by atoms with E-state index in [4.69, 9.17) is 10.5 Å². The molecule has 0 spiro atoms. The Morgan fingerprint density at radius 3 is 2.11 bits per heavy atom. The van der Waals surface area contributed by atoms with Crippen LogP contribution in [-0.4, -0.2) is 42.2 Å². The van der Waals surface area contributed by atoms with Crippen LogP contribution in [0.15, 0.2) is 23.1 Å². The van der Waals surface area contributed by atoms with Gasteiger partial charge < -0.3 is 25.4 Å². The fourth-order valence-corrected chi connectivity index (χ4v) is 5.04. The summed E-state index contributed by atoms with van der Waals surface area (Å²) >= 11 is 1.25. The van der Waals surface area contributed by atoms with Gasteiger partial charge in [-0.15, -0.1) is 11.8 Å². The maximum Gasteiger partial charge on any atom is 0.323 e. The molecule has 0 amide bonds. The van der Waals surface area contributed by atoms with Gasteiger partial charge in [0.2, 0.25) is 0 Å². The molecule has 1 rings (SSSR count). The quantitative estimate of drug-likeness (QED) is 0.0578. The number of benzene rings is 1. The zero-order valence-electron chi connectivity index (χ0n) is 22.0. The minimum absolute atomic E-state index is 0.0201. The summed E-state index contributed by atoms with van der Waals surface area (Å²) in [5.41, 5.74) is 6.48. The second-order valence-electron chi connectivity index (χ2n) is 9.03. The number of carbonyl (C=O) groups is 1. The largest absolute Gasteiger partial charge is 0.507 e. The fourth-order valence-electron chi connectivity index (χ4n) is 3.98. The molecule has 35 heavy (non-hydrogen) atoms. The molecule has 4 N–H and O–H groups in total. The van der Waals surface area contributed by atoms with Crippen LogP contribution in [0.1, 0.15) is 96.0 Å². The Hall–Kier alpha value is -1.86. The summed E-state index contributed by atoms with van der Waals surface area (Å²) in [6, 6.07) is 0.592. The molecule has 0 bridgehead atoms. The highest BCUT2D eigenvalue weighted by molar-refractivity contribution is 7.99. The Balaban J connectivity index is 2.37. The van der Waals surface area contributed by atoms with Gasteiger partial charge in [0.15, 0.2) is 11.5 Å². The third kappa shape index (κ3) is 12.6. The lowest BCUT2D eigenvalue weighted by Gasteiger charge is -2.17. The number of allylic oxidation sites excluding steroid dienone is 2. The van der Waals surface area contributed by atoms with Crippen LogP contribution in [0.3, 0.4) is 0 Å². The molecule has 6 nitrogen and oxygen atoms in total. The Morgan fingerprint density at radius 1 is 0.971 bits per heavy atom. The summed E-state index contributed by atoms with van der Waals surface area (Å²) in [4.78, 5) is 12.1. The molecule has 0 aliphatic rings. The van der Waals surface area contributed by atoms with Gasteiger partial charge in [0.1, 0.15) is 11.8 Å². The minimum atomic E-state index is -0.803. The summed E-state index contributed by atoms with van der Waals surface area (Å²) in [6.07, 6.45) is 21.1. The number of nitrogens with two attached hydrogens (primary N) is 1. The molecule has 0 saturated heterocycles. The third-order valence-corrected chi connectivity index (χ3v) is 7.38. The van der Waals surface area contributed by atoms with Crippen LogP contribution < -0.4 is 10.5 Å². The molecule has 0 heterocycles. The monoisotopic (exact) mass is 509 g/mol. The number of ether oxygens (including phenoxy) is 2. The summed E-state index contributed by atoms with van der Waals surface area (Å²) in [5.74, 6) is 0.0426. The number of phenolic OH excluding ortho intramolecular Hbond substituents is 2. The first-order chi connectivity index (χ1) is 17.0. The van der Waals surface area contributed by atoms with E-state index in [1.807, 2.05) is 0 Å². The predicted molar refractivity (Wildman–Crippen MR) is 146 cm³/mol. The van der Waals surface area contributed by atoms with Gasteiger partial charge in [-0.05, 0) is 38.5 Å². The van der Waals surface area contributed by atoms with E-state index in [-0.39, 0.29) is 23.0 Å². The van der Waals surface area contributed by atoms with Crippen molar-refractivity contribution in [2.75, 3.05) is 20.0 Å². The molecule has 0 fully saturated rings. The van der Waals surface area contributed by atoms with E-state index in [0.717, 1.165) is 19.3 Å². The van der Waals surface area contributed by atoms with Crippen LogP contribution in [0, 0.1) is 0 Å². The molecule has 0 saturated carbocycles. The first kappa shape index (κ1) is 31.2. The number of hydrogen-bond acceptors (Lipinski definition) is 7. The van der Waals surface area contributed by atoms with Crippen molar-refractivity contribution in [1.29, 1.82) is 0 Å². The molecular formula is C28H47NO5S. The minimum Gasteiger partial charge on any atom is -0.507 e. The lowest BCUT2D eigenvalue weighted by molar-refractivity contribution is -0.141. The van der Waals surface area contributed by atoms with Crippen molar-refractivity contribution < 1.29 is 24.5 Å². The Labute approximate surface area is 216 Å². The Bertz CT molecular complexity index is 753. The van der Waals surface area contributed by atoms with E-state index in [9.17, 15) is 15.0 Å². The standard InChI is InChI=1S/C28H47NO5S/c1-4-5-6-7-8-9-10-11-12-13-14-15-16-17-18-19-22-26(31)25(33-2)20-24(30)27(22)35-21-23(29)28(32)34-3/h9-10,20,23,30-31H,4-8,11-19,21,29H2,1-3H3/b10-9+/t23-/m1/s1. The van der Waals surface area contributed by atoms with Crippen molar-refractivity contribution in [3.8, 4) is 17.2 Å². The highest BCUT2D eigenvalue weighted by atomic mass is 32.2. The van der Waals surface area contributed by atoms with Gasteiger partial charge in [-0.25, -0.2) is 0 Å². The van der Waals surface area contributed by atoms with Crippen molar-refractivity contribution in [3.05, 3.63) is 23.8 Å². The van der Waals surface area contributed by atoms with Gasteiger partial charge in [-0.1, -0.05) is 70.4 Å². The molecule has 1 atom stereocenters. The molecule has 7 heteroatoms. The second-order valence-corrected chi connectivity index (χ2v) is 10.1. The number of methoxy groups -OCH3 is 2. The van der Waals surface area contributed by atoms with Crippen molar-refractivity contribution in [2.24, 2.45) is 5.73 Å². The van der Waals surface area contributed by atoms with E-state index in [0.29, 0.717) is 16.9 Å². The molecular weight excluding hydrogens is 462 g/mol. The number of hydrogen-bond donors (Lipinski definition) is 3. The van der Waals surface area contributed by atoms with Gasteiger partial charge in [-0.3, -0.25) is 4.79 Å². The maximum absolute atomic E-state index is 11.6. The third-order valence-electron chi connectivity index (χ3n) is 6.11. The van der Waals surface area contributed by atoms with Crippen molar-refractivity contribution in [1.82, 2.24) is 0 Å². The molecule has 0 aromatic heterocycles. The van der Waals surface area contributed by atoms with E-state index in [1.54, 1.807) is 0 Å². The van der Waals surface area contributed by atoms with Crippen LogP contribution in [0.4, 0.5) is 0 Å². The van der Waals surface area contributed by atoms with Crippen LogP contribution >= 0.6 is 11.8 Å². The van der Waals surface area contributed by atoms with E-state index < -0.39 is 12.0 Å². The van der Waals surface area contributed by atoms with Crippen molar-refractivity contribution >= 4 is 17.7 Å². The van der Waals surface area contributed by atoms with Gasteiger partial charge in [0.25, 0.3) is 0 Å². The number of carbonyl (C=O) groups excluding carboxylic acids is 1. The average molecular weight is 510 g/mol. The zero-order valence-corrected chi connectivity index (χ0v) is 22.8. The highest BCUT2D eigenvalue weighted by Gasteiger charge is 2.21. The number of aromatic hydroxyl groups is 2. The lowest BCUT2D eigenvalue weighted by atomic mass is 10.0. The SMILES string of the molecule is CCCCCC/C=C/CCCCCCCCCc1c(O)c(OC)cc(O)c1SC[C@@H](N)C(=O)OC. The molecule has 200 valence electrons. The Kier molecular flexibility index (Phi) is 17.2. The number of phenols is 2. The van der Waals surface area contributed by atoms with E-state index in [1.165, 1.54) is 96.3 Å². The molecule has 0 unspecified atom stereocenters. The highest BCUT2D eigenvalue weighted by Crippen LogP contribution is 2.44. The van der Waals surface area contributed by atoms with Gasteiger partial charge in [0, 0.05) is 17.4 Å². The molecule has 1 aromatic carbocycles. The van der Waals surface area contributed by atoms with Crippen LogP contribution in [0.2, 0.25) is 0 Å². The summed E-state index contributed by atoms with van der Waals surface area (Å²) in [6.45, 7) is 2.25. The van der Waals surface area contributed by atoms with Gasteiger partial charge >= 0.3 is 5.97 Å². The second kappa shape index (κ2) is 19.3. The molecule has 1 aromatic rings. The van der Waals surface area contributed by atoms with Crippen molar-refractivity contribution in [3.63, 3.8) is 0 Å². The van der Waals surface area contributed by atoms with Gasteiger partial charge in [-0.2, -0.15) is 0 Å². The number of unbranched alkanes of at least 4 members (excludes halogenated alkanes) is 11. The molecule has 0 radical (unpaired) electrons. The molecule has 0 aliphatic carbocycles. The van der Waals surface area contributed by atoms with Crippen molar-refractivity contribution in [2.45, 2.75) is 108 Å². The topological polar surface area (TPSA) is 102 Å². The van der Waals surface area contributed by atoms with E-state index >= 15 is 0 Å². The number of esters is 1. The fraction of sp³-hybridized carbons (Fsp3) is 0.679. The average Bonchev–Trinajstić information content (AvgIpc) is 2.86. The first-order valence-electron chi connectivity index (χ1n) is 13.2. The lowest BCUT2D eigenvalue weighted by Crippen LogP contribution is -2.33. The van der Waals surface area contributed by atoms with Gasteiger partial charge in [0.05, 0.1) is 19.1 Å². The van der Waals surface area contributed by atoms with E-state index in [2.05, 4.69) is 23.8 Å².